The zero-order chi connectivity index (χ0) is 21.0. The Morgan fingerprint density at radius 1 is 0.862 bits per heavy atom. The van der Waals surface area contributed by atoms with Gasteiger partial charge in [0, 0.05) is 22.3 Å². The third kappa shape index (κ3) is 5.42. The number of carbonyl (C=O) groups excluding carboxylic acids is 1. The van der Waals surface area contributed by atoms with E-state index < -0.39 is 15.9 Å². The smallest absolute Gasteiger partial charge is 0.261 e. The lowest BCUT2D eigenvalue weighted by Gasteiger charge is -2.12. The van der Waals surface area contributed by atoms with Crippen molar-refractivity contribution in [3.8, 4) is 0 Å². The van der Waals surface area contributed by atoms with E-state index in [4.69, 9.17) is 34.8 Å². The first-order valence-corrected chi connectivity index (χ1v) is 11.0. The highest BCUT2D eigenvalue weighted by molar-refractivity contribution is 7.92. The minimum absolute atomic E-state index is 0.110. The molecule has 150 valence electrons. The summed E-state index contributed by atoms with van der Waals surface area (Å²) in [6.45, 7) is 0.158. The van der Waals surface area contributed by atoms with Gasteiger partial charge in [-0.15, -0.1) is 0 Å². The lowest BCUT2D eigenvalue weighted by Crippen LogP contribution is -2.23. The second-order valence-electron chi connectivity index (χ2n) is 6.03. The molecule has 0 aliphatic rings. The molecule has 3 aromatic rings. The van der Waals surface area contributed by atoms with Crippen molar-refractivity contribution in [1.82, 2.24) is 5.32 Å². The van der Waals surface area contributed by atoms with Gasteiger partial charge in [0.15, 0.2) is 0 Å². The molecule has 0 aliphatic carbocycles. The van der Waals surface area contributed by atoms with Crippen LogP contribution >= 0.6 is 34.8 Å². The molecule has 3 aromatic carbocycles. The number of amides is 1. The van der Waals surface area contributed by atoms with Gasteiger partial charge >= 0.3 is 0 Å². The molecule has 0 saturated heterocycles. The minimum atomic E-state index is -3.79. The molecule has 0 heterocycles. The SMILES string of the molecule is O=C(NCc1ccc(Cl)cc1Cl)c1cc(NS(=O)(=O)c2ccccc2)ccc1Cl. The van der Waals surface area contributed by atoms with Crippen LogP contribution in [0.15, 0.2) is 71.6 Å². The maximum atomic E-state index is 12.6. The molecule has 0 fully saturated rings. The van der Waals surface area contributed by atoms with E-state index in [0.717, 1.165) is 0 Å². The molecular weight excluding hydrogens is 455 g/mol. The molecule has 0 radical (unpaired) electrons. The summed E-state index contributed by atoms with van der Waals surface area (Å²) in [6, 6.07) is 17.2. The monoisotopic (exact) mass is 468 g/mol. The number of benzene rings is 3. The number of sulfonamides is 1. The summed E-state index contributed by atoms with van der Waals surface area (Å²) in [4.78, 5) is 12.7. The number of halogens is 3. The van der Waals surface area contributed by atoms with Crippen LogP contribution in [0, 0.1) is 0 Å². The van der Waals surface area contributed by atoms with Crippen LogP contribution in [0.1, 0.15) is 15.9 Å². The van der Waals surface area contributed by atoms with E-state index in [2.05, 4.69) is 10.0 Å². The fraction of sp³-hybridized carbons (Fsp3) is 0.0500. The van der Waals surface area contributed by atoms with Gasteiger partial charge in [-0.25, -0.2) is 8.42 Å². The Labute approximate surface area is 183 Å². The minimum Gasteiger partial charge on any atom is -0.348 e. The zero-order valence-electron chi connectivity index (χ0n) is 14.8. The number of hydrogen-bond acceptors (Lipinski definition) is 3. The van der Waals surface area contributed by atoms with Gasteiger partial charge in [0.25, 0.3) is 15.9 Å². The van der Waals surface area contributed by atoms with Gasteiger partial charge in [-0.05, 0) is 48.0 Å². The predicted molar refractivity (Wildman–Crippen MR) is 116 cm³/mol. The van der Waals surface area contributed by atoms with Crippen LogP contribution in [0.5, 0.6) is 0 Å². The third-order valence-electron chi connectivity index (χ3n) is 3.97. The Hall–Kier alpha value is -2.25. The van der Waals surface area contributed by atoms with Crippen LogP contribution in [-0.4, -0.2) is 14.3 Å². The maximum Gasteiger partial charge on any atom is 0.261 e. The second kappa shape index (κ2) is 9.05. The first-order chi connectivity index (χ1) is 13.8. The Balaban J connectivity index is 1.77. The number of anilines is 1. The van der Waals surface area contributed by atoms with E-state index in [9.17, 15) is 13.2 Å². The van der Waals surface area contributed by atoms with E-state index in [1.807, 2.05) is 0 Å². The molecule has 0 aliphatic heterocycles. The van der Waals surface area contributed by atoms with Crippen LogP contribution in [0.25, 0.3) is 0 Å². The molecule has 3 rings (SSSR count). The number of carbonyl (C=O) groups is 1. The van der Waals surface area contributed by atoms with Crippen molar-refractivity contribution < 1.29 is 13.2 Å². The summed E-state index contributed by atoms with van der Waals surface area (Å²) in [7, 11) is -3.79. The van der Waals surface area contributed by atoms with Gasteiger partial charge in [0.2, 0.25) is 0 Å². The van der Waals surface area contributed by atoms with Crippen LogP contribution in [0.4, 0.5) is 5.69 Å². The highest BCUT2D eigenvalue weighted by atomic mass is 35.5. The Kier molecular flexibility index (Phi) is 6.70. The van der Waals surface area contributed by atoms with Crippen molar-refractivity contribution in [2.75, 3.05) is 4.72 Å². The zero-order valence-corrected chi connectivity index (χ0v) is 17.9. The Morgan fingerprint density at radius 2 is 1.59 bits per heavy atom. The predicted octanol–water partition coefficient (Wildman–Crippen LogP) is 5.38. The first-order valence-electron chi connectivity index (χ1n) is 8.36. The molecular formula is C20H15Cl3N2O3S. The van der Waals surface area contributed by atoms with E-state index >= 15 is 0 Å². The molecule has 9 heteroatoms. The van der Waals surface area contributed by atoms with Crippen molar-refractivity contribution in [3.63, 3.8) is 0 Å². The molecule has 0 spiro atoms. The fourth-order valence-corrected chi connectivity index (χ4v) is 4.26. The number of hydrogen-bond donors (Lipinski definition) is 2. The van der Waals surface area contributed by atoms with Crippen LogP contribution in [-0.2, 0) is 16.6 Å². The summed E-state index contributed by atoms with van der Waals surface area (Å²) >= 11 is 18.1. The van der Waals surface area contributed by atoms with E-state index in [0.29, 0.717) is 15.6 Å². The molecule has 0 atom stereocenters. The van der Waals surface area contributed by atoms with Crippen LogP contribution < -0.4 is 10.0 Å². The maximum absolute atomic E-state index is 12.6. The highest BCUT2D eigenvalue weighted by Crippen LogP contribution is 2.24. The standard InChI is InChI=1S/C20H15Cl3N2O3S/c21-14-7-6-13(19(23)10-14)12-24-20(26)17-11-15(8-9-18(17)22)25-29(27,28)16-4-2-1-3-5-16/h1-11,25H,12H2,(H,24,26). The molecule has 2 N–H and O–H groups in total. The van der Waals surface area contributed by atoms with E-state index in [1.54, 1.807) is 36.4 Å². The normalized spacial score (nSPS) is 11.1. The summed E-state index contributed by atoms with van der Waals surface area (Å²) in [6.07, 6.45) is 0. The Bertz CT molecular complexity index is 1150. The van der Waals surface area contributed by atoms with Crippen molar-refractivity contribution in [2.24, 2.45) is 0 Å². The highest BCUT2D eigenvalue weighted by Gasteiger charge is 2.17. The fourth-order valence-electron chi connectivity index (χ4n) is 2.51. The average molecular weight is 470 g/mol. The van der Waals surface area contributed by atoms with Crippen molar-refractivity contribution in [2.45, 2.75) is 11.4 Å². The van der Waals surface area contributed by atoms with Gasteiger partial charge in [0.1, 0.15) is 0 Å². The van der Waals surface area contributed by atoms with Gasteiger partial charge in [-0.1, -0.05) is 59.1 Å². The molecule has 1 amide bonds. The largest absolute Gasteiger partial charge is 0.348 e. The van der Waals surface area contributed by atoms with Gasteiger partial charge in [-0.2, -0.15) is 0 Å². The first kappa shape index (κ1) is 21.5. The topological polar surface area (TPSA) is 75.3 Å². The number of rotatable bonds is 6. The van der Waals surface area contributed by atoms with E-state index in [-0.39, 0.29) is 27.7 Å². The lowest BCUT2D eigenvalue weighted by molar-refractivity contribution is 0.0951. The molecule has 5 nitrogen and oxygen atoms in total. The molecule has 0 aromatic heterocycles. The van der Waals surface area contributed by atoms with Crippen LogP contribution in [0.3, 0.4) is 0 Å². The van der Waals surface area contributed by atoms with Crippen molar-refractivity contribution in [1.29, 1.82) is 0 Å². The second-order valence-corrected chi connectivity index (χ2v) is 8.96. The summed E-state index contributed by atoms with van der Waals surface area (Å²) in [5.74, 6) is -0.471. The Morgan fingerprint density at radius 3 is 2.28 bits per heavy atom. The molecule has 0 bridgehead atoms. The summed E-state index contributed by atoms with van der Waals surface area (Å²) < 4.78 is 27.4. The number of nitrogens with one attached hydrogen (secondary N) is 2. The quantitative estimate of drug-likeness (QED) is 0.509. The lowest BCUT2D eigenvalue weighted by atomic mass is 10.1. The van der Waals surface area contributed by atoms with Crippen molar-refractivity contribution >= 4 is 56.4 Å². The average Bonchev–Trinajstić information content (AvgIpc) is 2.69. The van der Waals surface area contributed by atoms with Crippen molar-refractivity contribution in [3.05, 3.63) is 92.9 Å². The third-order valence-corrected chi connectivity index (χ3v) is 6.28. The van der Waals surface area contributed by atoms with Gasteiger partial charge in [0.05, 0.1) is 15.5 Å². The molecule has 0 saturated carbocycles. The molecule has 0 unspecified atom stereocenters. The molecule has 29 heavy (non-hydrogen) atoms. The summed E-state index contributed by atoms with van der Waals surface area (Å²) in [5.41, 5.74) is 1.03. The van der Waals surface area contributed by atoms with Gasteiger partial charge < -0.3 is 5.32 Å². The van der Waals surface area contributed by atoms with Crippen LogP contribution in [0.2, 0.25) is 15.1 Å². The van der Waals surface area contributed by atoms with E-state index in [1.165, 1.54) is 30.3 Å². The summed E-state index contributed by atoms with van der Waals surface area (Å²) in [5, 5.41) is 3.81. The van der Waals surface area contributed by atoms with Gasteiger partial charge in [-0.3, -0.25) is 9.52 Å².